The van der Waals surface area contributed by atoms with Crippen molar-refractivity contribution in [2.45, 2.75) is 57.8 Å². The number of hydrogen-bond donors (Lipinski definition) is 0. The van der Waals surface area contributed by atoms with E-state index < -0.39 is 0 Å². The van der Waals surface area contributed by atoms with Gasteiger partial charge in [-0.15, -0.1) is 0 Å². The van der Waals surface area contributed by atoms with Crippen LogP contribution in [0.25, 0.3) is 0 Å². The molecule has 0 bridgehead atoms. The molecule has 0 spiro atoms. The molecule has 3 rings (SSSR count). The average Bonchev–Trinajstić information content (AvgIpc) is 2.73. The Balaban J connectivity index is 1.90. The monoisotopic (exact) mass is 250 g/mol. The summed E-state index contributed by atoms with van der Waals surface area (Å²) in [7, 11) is 0. The summed E-state index contributed by atoms with van der Waals surface area (Å²) in [5.74, 6) is 2.11. The van der Waals surface area contributed by atoms with Gasteiger partial charge < -0.3 is 0 Å². The van der Waals surface area contributed by atoms with Crippen LogP contribution in [0.4, 0.5) is 0 Å². The molecule has 2 fully saturated rings. The summed E-state index contributed by atoms with van der Waals surface area (Å²) in [5.41, 5.74) is 1.55. The molecule has 0 aliphatic heterocycles. The summed E-state index contributed by atoms with van der Waals surface area (Å²) in [5, 5.41) is 0.625. The van der Waals surface area contributed by atoms with Crippen LogP contribution in [-0.4, -0.2) is 9.97 Å². The second-order valence-electron chi connectivity index (χ2n) is 6.20. The summed E-state index contributed by atoms with van der Waals surface area (Å²) in [6.07, 6.45) is 6.38. The Morgan fingerprint density at radius 2 is 1.88 bits per heavy atom. The van der Waals surface area contributed by atoms with E-state index in [0.717, 1.165) is 5.82 Å². The molecule has 2 aliphatic rings. The molecule has 0 radical (unpaired) electrons. The number of halogens is 1. The first-order valence-corrected chi connectivity index (χ1v) is 6.98. The Kier molecular flexibility index (Phi) is 2.66. The summed E-state index contributed by atoms with van der Waals surface area (Å²) < 4.78 is 0. The molecule has 1 aromatic rings. The lowest BCUT2D eigenvalue weighted by atomic mass is 10.0. The maximum atomic E-state index is 6.14. The van der Waals surface area contributed by atoms with Crippen LogP contribution >= 0.6 is 11.6 Å². The highest BCUT2D eigenvalue weighted by atomic mass is 35.5. The smallest absolute Gasteiger partial charge is 0.133 e. The molecule has 1 heterocycles. The van der Waals surface area contributed by atoms with Gasteiger partial charge in [-0.3, -0.25) is 0 Å². The van der Waals surface area contributed by atoms with Gasteiger partial charge in [-0.05, 0) is 30.7 Å². The molecular weight excluding hydrogens is 232 g/mol. The van der Waals surface area contributed by atoms with Gasteiger partial charge in [-0.1, -0.05) is 38.3 Å². The molecule has 92 valence electrons. The van der Waals surface area contributed by atoms with Gasteiger partial charge >= 0.3 is 0 Å². The predicted octanol–water partition coefficient (Wildman–Crippen LogP) is 4.30. The van der Waals surface area contributed by atoms with Crippen LogP contribution in [0.3, 0.4) is 0 Å². The fourth-order valence-corrected chi connectivity index (χ4v) is 3.15. The van der Waals surface area contributed by atoms with Crippen molar-refractivity contribution in [1.29, 1.82) is 0 Å². The highest BCUT2D eigenvalue weighted by Gasteiger charge is 2.48. The van der Waals surface area contributed by atoms with Gasteiger partial charge in [-0.2, -0.15) is 0 Å². The molecule has 3 heteroatoms. The number of hydrogen-bond acceptors (Lipinski definition) is 2. The van der Waals surface area contributed by atoms with Crippen LogP contribution in [0.1, 0.15) is 69.3 Å². The van der Waals surface area contributed by atoms with E-state index in [0.29, 0.717) is 22.4 Å². The molecule has 2 nitrogen and oxygen atoms in total. The van der Waals surface area contributed by atoms with E-state index >= 15 is 0 Å². The van der Waals surface area contributed by atoms with Gasteiger partial charge in [-0.25, -0.2) is 9.97 Å². The fourth-order valence-electron chi connectivity index (χ4n) is 2.95. The third-order valence-electron chi connectivity index (χ3n) is 4.33. The van der Waals surface area contributed by atoms with E-state index in [9.17, 15) is 0 Å². The quantitative estimate of drug-likeness (QED) is 0.732. The third kappa shape index (κ3) is 2.20. The van der Waals surface area contributed by atoms with Gasteiger partial charge in [0.25, 0.3) is 0 Å². The van der Waals surface area contributed by atoms with Crippen LogP contribution in [0.5, 0.6) is 0 Å². The van der Waals surface area contributed by atoms with E-state index in [2.05, 4.69) is 18.8 Å². The maximum Gasteiger partial charge on any atom is 0.133 e. The second-order valence-corrected chi connectivity index (χ2v) is 6.59. The maximum absolute atomic E-state index is 6.14. The van der Waals surface area contributed by atoms with Gasteiger partial charge in [0.1, 0.15) is 11.0 Å². The fraction of sp³-hybridized carbons (Fsp3) is 0.714. The number of nitrogens with zero attached hydrogens (tertiary/aromatic N) is 2. The van der Waals surface area contributed by atoms with Gasteiger partial charge in [0.05, 0.1) is 0 Å². The summed E-state index contributed by atoms with van der Waals surface area (Å²) in [6.45, 7) is 4.55. The lowest BCUT2D eigenvalue weighted by Gasteiger charge is -2.11. The van der Waals surface area contributed by atoms with Crippen LogP contribution in [0.2, 0.25) is 5.15 Å². The Morgan fingerprint density at radius 3 is 2.47 bits per heavy atom. The second kappa shape index (κ2) is 3.94. The van der Waals surface area contributed by atoms with Crippen LogP contribution in [0.15, 0.2) is 6.07 Å². The third-order valence-corrected chi connectivity index (χ3v) is 4.52. The number of aromatic nitrogens is 2. The first-order valence-electron chi connectivity index (χ1n) is 6.61. The number of rotatable bonds is 2. The zero-order valence-electron chi connectivity index (χ0n) is 10.5. The summed E-state index contributed by atoms with van der Waals surface area (Å²) in [4.78, 5) is 9.19. The largest absolute Gasteiger partial charge is 0.237 e. The van der Waals surface area contributed by atoms with Crippen molar-refractivity contribution in [1.82, 2.24) is 9.97 Å². The SMILES string of the molecule is CC1(C)CC1c1nc(Cl)cc(C2CCCC2)n1. The van der Waals surface area contributed by atoms with Crippen molar-refractivity contribution >= 4 is 11.6 Å². The van der Waals surface area contributed by atoms with E-state index in [1.165, 1.54) is 37.8 Å². The van der Waals surface area contributed by atoms with E-state index in [4.69, 9.17) is 16.6 Å². The highest BCUT2D eigenvalue weighted by Crippen LogP contribution is 2.57. The Morgan fingerprint density at radius 1 is 1.24 bits per heavy atom. The molecule has 1 aromatic heterocycles. The minimum atomic E-state index is 0.373. The minimum Gasteiger partial charge on any atom is -0.237 e. The van der Waals surface area contributed by atoms with Gasteiger partial charge in [0, 0.05) is 17.5 Å². The highest BCUT2D eigenvalue weighted by molar-refractivity contribution is 6.29. The predicted molar refractivity (Wildman–Crippen MR) is 69.4 cm³/mol. The van der Waals surface area contributed by atoms with Crippen LogP contribution < -0.4 is 0 Å². The lowest BCUT2D eigenvalue weighted by molar-refractivity contribution is 0.601. The molecule has 1 unspecified atom stereocenters. The first-order chi connectivity index (χ1) is 8.06. The van der Waals surface area contributed by atoms with Gasteiger partial charge in [0.15, 0.2) is 0 Å². The zero-order valence-corrected chi connectivity index (χ0v) is 11.3. The summed E-state index contributed by atoms with van der Waals surface area (Å²) >= 11 is 6.14. The normalized spacial score (nSPS) is 27.4. The van der Waals surface area contributed by atoms with Crippen molar-refractivity contribution in [2.24, 2.45) is 5.41 Å². The zero-order chi connectivity index (χ0) is 12.0. The van der Waals surface area contributed by atoms with Crippen LogP contribution in [0, 0.1) is 5.41 Å². The molecule has 2 saturated carbocycles. The Bertz CT molecular complexity index is 413. The van der Waals surface area contributed by atoms with Crippen molar-refractivity contribution in [3.8, 4) is 0 Å². The molecule has 17 heavy (non-hydrogen) atoms. The first kappa shape index (κ1) is 11.5. The molecule has 0 amide bonds. The molecule has 0 saturated heterocycles. The molecule has 0 aromatic carbocycles. The Labute approximate surface area is 108 Å². The molecular formula is C14H19ClN2. The van der Waals surface area contributed by atoms with Crippen LogP contribution in [-0.2, 0) is 0 Å². The van der Waals surface area contributed by atoms with Crippen molar-refractivity contribution in [2.75, 3.05) is 0 Å². The standard InChI is InChI=1S/C14H19ClN2/c1-14(2)8-10(14)13-16-11(7-12(15)17-13)9-5-3-4-6-9/h7,9-10H,3-6,8H2,1-2H3. The minimum absolute atomic E-state index is 0.373. The van der Waals surface area contributed by atoms with Crippen molar-refractivity contribution in [3.63, 3.8) is 0 Å². The molecule has 0 N–H and O–H groups in total. The van der Waals surface area contributed by atoms with E-state index in [-0.39, 0.29) is 0 Å². The van der Waals surface area contributed by atoms with E-state index in [1.54, 1.807) is 0 Å². The van der Waals surface area contributed by atoms with E-state index in [1.807, 2.05) is 6.07 Å². The van der Waals surface area contributed by atoms with Crippen molar-refractivity contribution in [3.05, 3.63) is 22.7 Å². The Hall–Kier alpha value is -0.630. The molecule has 1 atom stereocenters. The molecule has 2 aliphatic carbocycles. The topological polar surface area (TPSA) is 25.8 Å². The summed E-state index contributed by atoms with van der Waals surface area (Å²) in [6, 6.07) is 1.97. The lowest BCUT2D eigenvalue weighted by Crippen LogP contribution is -2.04. The average molecular weight is 251 g/mol. The van der Waals surface area contributed by atoms with Gasteiger partial charge in [0.2, 0.25) is 0 Å². The van der Waals surface area contributed by atoms with Crippen molar-refractivity contribution < 1.29 is 0 Å².